The van der Waals surface area contributed by atoms with Crippen LogP contribution in [-0.4, -0.2) is 50.8 Å². The second-order valence-electron chi connectivity index (χ2n) is 6.13. The number of ether oxygens (including phenoxy) is 1. The molecule has 0 radical (unpaired) electrons. The van der Waals surface area contributed by atoms with Gasteiger partial charge in [-0.05, 0) is 44.2 Å². The zero-order valence-corrected chi connectivity index (χ0v) is 14.5. The largest absolute Gasteiger partial charge is 0.379 e. The SMILES string of the molecule is CCNC(=NCCc1c(F)cccc1F)N(C)CCOCC1CC1. The minimum Gasteiger partial charge on any atom is -0.379 e. The number of nitrogens with zero attached hydrogens (tertiary/aromatic N) is 2. The van der Waals surface area contributed by atoms with Crippen molar-refractivity contribution in [3.63, 3.8) is 0 Å². The van der Waals surface area contributed by atoms with Gasteiger partial charge in [0.2, 0.25) is 0 Å². The predicted octanol–water partition coefficient (Wildman–Crippen LogP) is 2.83. The molecule has 0 aromatic heterocycles. The summed E-state index contributed by atoms with van der Waals surface area (Å²) in [5.74, 6) is 0.450. The molecule has 1 N–H and O–H groups in total. The van der Waals surface area contributed by atoms with Crippen LogP contribution < -0.4 is 5.32 Å². The van der Waals surface area contributed by atoms with E-state index in [1.54, 1.807) is 0 Å². The monoisotopic (exact) mass is 339 g/mol. The van der Waals surface area contributed by atoms with Gasteiger partial charge in [0, 0.05) is 38.9 Å². The molecule has 1 fully saturated rings. The van der Waals surface area contributed by atoms with Crippen molar-refractivity contribution in [2.75, 3.05) is 39.9 Å². The third-order valence-electron chi connectivity index (χ3n) is 4.00. The molecular weight excluding hydrogens is 312 g/mol. The summed E-state index contributed by atoms with van der Waals surface area (Å²) in [6.45, 7) is 5.27. The number of hydrogen-bond donors (Lipinski definition) is 1. The lowest BCUT2D eigenvalue weighted by Gasteiger charge is -2.22. The highest BCUT2D eigenvalue weighted by Crippen LogP contribution is 2.28. The summed E-state index contributed by atoms with van der Waals surface area (Å²) in [6, 6.07) is 3.92. The topological polar surface area (TPSA) is 36.9 Å². The fraction of sp³-hybridized carbons (Fsp3) is 0.611. The third-order valence-corrected chi connectivity index (χ3v) is 4.00. The molecule has 0 atom stereocenters. The van der Waals surface area contributed by atoms with Gasteiger partial charge in [-0.3, -0.25) is 4.99 Å². The summed E-state index contributed by atoms with van der Waals surface area (Å²) in [5.41, 5.74) is 0.0903. The van der Waals surface area contributed by atoms with E-state index in [9.17, 15) is 8.78 Å². The van der Waals surface area contributed by atoms with Crippen molar-refractivity contribution in [1.82, 2.24) is 10.2 Å². The van der Waals surface area contributed by atoms with E-state index in [4.69, 9.17) is 4.74 Å². The van der Waals surface area contributed by atoms with Crippen LogP contribution in [-0.2, 0) is 11.2 Å². The molecule has 1 aromatic carbocycles. The number of nitrogens with one attached hydrogen (secondary N) is 1. The minimum atomic E-state index is -0.517. The van der Waals surface area contributed by atoms with Gasteiger partial charge in [0.15, 0.2) is 5.96 Å². The Hall–Kier alpha value is -1.69. The van der Waals surface area contributed by atoms with Gasteiger partial charge in [-0.15, -0.1) is 0 Å². The molecule has 1 aromatic rings. The summed E-state index contributed by atoms with van der Waals surface area (Å²) in [6.07, 6.45) is 2.80. The van der Waals surface area contributed by atoms with Gasteiger partial charge < -0.3 is 15.0 Å². The molecule has 0 aliphatic heterocycles. The quantitative estimate of drug-likeness (QED) is 0.427. The van der Waals surface area contributed by atoms with E-state index in [2.05, 4.69) is 10.3 Å². The van der Waals surface area contributed by atoms with Crippen molar-refractivity contribution in [3.05, 3.63) is 35.4 Å². The highest BCUT2D eigenvalue weighted by molar-refractivity contribution is 5.79. The number of benzene rings is 1. The van der Waals surface area contributed by atoms with E-state index in [0.717, 1.165) is 31.6 Å². The molecule has 2 rings (SSSR count). The molecule has 0 amide bonds. The first kappa shape index (κ1) is 18.6. The van der Waals surface area contributed by atoms with Gasteiger partial charge in [-0.2, -0.15) is 0 Å². The van der Waals surface area contributed by atoms with Crippen molar-refractivity contribution < 1.29 is 13.5 Å². The van der Waals surface area contributed by atoms with Crippen LogP contribution >= 0.6 is 0 Å². The standard InChI is InChI=1S/C18H27F2N3O/c1-3-21-18(23(2)11-12-24-13-14-7-8-14)22-10-9-15-16(19)5-4-6-17(15)20/h4-6,14H,3,7-13H2,1-2H3,(H,21,22). The average Bonchev–Trinajstić information content (AvgIpc) is 3.37. The Bertz CT molecular complexity index is 527. The number of halogens is 2. The molecule has 0 unspecified atom stereocenters. The smallest absolute Gasteiger partial charge is 0.193 e. The van der Waals surface area contributed by atoms with E-state index in [1.807, 2.05) is 18.9 Å². The van der Waals surface area contributed by atoms with Crippen molar-refractivity contribution >= 4 is 5.96 Å². The lowest BCUT2D eigenvalue weighted by atomic mass is 10.1. The molecular formula is C18H27F2N3O. The lowest BCUT2D eigenvalue weighted by Crippen LogP contribution is -2.40. The van der Waals surface area contributed by atoms with Crippen LogP contribution in [0.3, 0.4) is 0 Å². The first-order valence-corrected chi connectivity index (χ1v) is 8.62. The number of guanidine groups is 1. The second kappa shape index (κ2) is 9.57. The number of rotatable bonds is 9. The Labute approximate surface area is 142 Å². The molecule has 6 heteroatoms. The zero-order valence-electron chi connectivity index (χ0n) is 14.5. The molecule has 0 spiro atoms. The van der Waals surface area contributed by atoms with E-state index < -0.39 is 11.6 Å². The lowest BCUT2D eigenvalue weighted by molar-refractivity contribution is 0.115. The van der Waals surface area contributed by atoms with Gasteiger partial charge in [0.1, 0.15) is 11.6 Å². The fourth-order valence-electron chi connectivity index (χ4n) is 2.36. The maximum atomic E-state index is 13.6. The summed E-state index contributed by atoms with van der Waals surface area (Å²) in [7, 11) is 1.94. The minimum absolute atomic E-state index is 0.0903. The van der Waals surface area contributed by atoms with E-state index in [-0.39, 0.29) is 12.0 Å². The summed E-state index contributed by atoms with van der Waals surface area (Å²) < 4.78 is 32.9. The van der Waals surface area contributed by atoms with Crippen molar-refractivity contribution in [2.24, 2.45) is 10.9 Å². The molecule has 0 bridgehead atoms. The molecule has 24 heavy (non-hydrogen) atoms. The Balaban J connectivity index is 1.82. The van der Waals surface area contributed by atoms with E-state index >= 15 is 0 Å². The Morgan fingerprint density at radius 2 is 2.04 bits per heavy atom. The normalized spacial score (nSPS) is 14.8. The van der Waals surface area contributed by atoms with Gasteiger partial charge in [0.05, 0.1) is 6.61 Å². The van der Waals surface area contributed by atoms with Crippen molar-refractivity contribution in [1.29, 1.82) is 0 Å². The van der Waals surface area contributed by atoms with Crippen LogP contribution in [0.4, 0.5) is 8.78 Å². The first-order valence-electron chi connectivity index (χ1n) is 8.62. The van der Waals surface area contributed by atoms with Crippen molar-refractivity contribution in [3.8, 4) is 0 Å². The Morgan fingerprint density at radius 1 is 1.33 bits per heavy atom. The van der Waals surface area contributed by atoms with Crippen LogP contribution in [0, 0.1) is 17.6 Å². The maximum Gasteiger partial charge on any atom is 0.193 e. The first-order chi connectivity index (χ1) is 11.6. The Kier molecular flexibility index (Phi) is 7.43. The van der Waals surface area contributed by atoms with Crippen LogP contribution in [0.2, 0.25) is 0 Å². The Morgan fingerprint density at radius 3 is 2.67 bits per heavy atom. The number of likely N-dealkylation sites (N-methyl/N-ethyl adjacent to an activating group) is 1. The predicted molar refractivity (Wildman–Crippen MR) is 92.2 cm³/mol. The van der Waals surface area contributed by atoms with Gasteiger partial charge in [0.25, 0.3) is 0 Å². The van der Waals surface area contributed by atoms with Crippen LogP contribution in [0.1, 0.15) is 25.3 Å². The fourth-order valence-corrected chi connectivity index (χ4v) is 2.36. The zero-order chi connectivity index (χ0) is 17.4. The van der Waals surface area contributed by atoms with Gasteiger partial charge in [-0.1, -0.05) is 6.07 Å². The summed E-state index contributed by atoms with van der Waals surface area (Å²) in [5, 5.41) is 3.19. The van der Waals surface area contributed by atoms with E-state index in [1.165, 1.54) is 31.0 Å². The molecule has 1 aliphatic carbocycles. The van der Waals surface area contributed by atoms with Crippen LogP contribution in [0.25, 0.3) is 0 Å². The number of hydrogen-bond acceptors (Lipinski definition) is 2. The van der Waals surface area contributed by atoms with Crippen LogP contribution in [0.5, 0.6) is 0 Å². The third kappa shape index (κ3) is 6.07. The molecule has 1 saturated carbocycles. The molecule has 0 saturated heterocycles. The van der Waals surface area contributed by atoms with Gasteiger partial charge >= 0.3 is 0 Å². The summed E-state index contributed by atoms with van der Waals surface area (Å²) >= 11 is 0. The molecule has 4 nitrogen and oxygen atoms in total. The maximum absolute atomic E-state index is 13.6. The molecule has 1 aliphatic rings. The average molecular weight is 339 g/mol. The molecule has 0 heterocycles. The summed E-state index contributed by atoms with van der Waals surface area (Å²) in [4.78, 5) is 6.44. The van der Waals surface area contributed by atoms with Crippen molar-refractivity contribution in [2.45, 2.75) is 26.2 Å². The van der Waals surface area contributed by atoms with Gasteiger partial charge in [-0.25, -0.2) is 8.78 Å². The molecule has 134 valence electrons. The second-order valence-corrected chi connectivity index (χ2v) is 6.13. The number of aliphatic imine (C=N–C) groups is 1. The highest BCUT2D eigenvalue weighted by Gasteiger charge is 2.21. The van der Waals surface area contributed by atoms with E-state index in [0.29, 0.717) is 13.2 Å². The van der Waals surface area contributed by atoms with Crippen LogP contribution in [0.15, 0.2) is 23.2 Å². The highest BCUT2D eigenvalue weighted by atomic mass is 19.1.